The molecule has 0 radical (unpaired) electrons. The minimum absolute atomic E-state index is 0.134. The number of urea groups is 1. The lowest BCUT2D eigenvalue weighted by atomic mass is 10.1. The Morgan fingerprint density at radius 3 is 2.57 bits per heavy atom. The van der Waals surface area contributed by atoms with E-state index in [9.17, 15) is 18.0 Å². The van der Waals surface area contributed by atoms with Crippen LogP contribution in [0.25, 0.3) is 0 Å². The van der Waals surface area contributed by atoms with Crippen LogP contribution in [0, 0.1) is 6.92 Å². The van der Waals surface area contributed by atoms with Crippen molar-refractivity contribution in [2.75, 3.05) is 31.1 Å². The maximum atomic E-state index is 12.7. The molecule has 1 aromatic heterocycles. The average Bonchev–Trinajstić information content (AvgIpc) is 2.93. The van der Waals surface area contributed by atoms with Crippen molar-refractivity contribution in [2.24, 2.45) is 0 Å². The fourth-order valence-corrected chi connectivity index (χ4v) is 3.18. The van der Waals surface area contributed by atoms with Crippen molar-refractivity contribution in [2.45, 2.75) is 26.1 Å². The highest BCUT2D eigenvalue weighted by atomic mass is 19.4. The first-order valence-corrected chi connectivity index (χ1v) is 9.20. The SMILES string of the molecule is Cc1ccccc1CNC(=O)N1CCCN(c2ccc(C(F)(F)F)cn2)CC1. The van der Waals surface area contributed by atoms with Gasteiger partial charge >= 0.3 is 12.2 Å². The number of anilines is 1. The second-order valence-corrected chi connectivity index (χ2v) is 6.82. The van der Waals surface area contributed by atoms with Crippen LogP contribution in [-0.2, 0) is 12.7 Å². The van der Waals surface area contributed by atoms with Crippen molar-refractivity contribution in [1.82, 2.24) is 15.2 Å². The first-order chi connectivity index (χ1) is 13.3. The van der Waals surface area contributed by atoms with Crippen molar-refractivity contribution in [3.05, 3.63) is 59.3 Å². The van der Waals surface area contributed by atoms with Gasteiger partial charge in [0.05, 0.1) is 5.56 Å². The Morgan fingerprint density at radius 2 is 1.89 bits per heavy atom. The molecule has 0 spiro atoms. The largest absolute Gasteiger partial charge is 0.417 e. The van der Waals surface area contributed by atoms with E-state index < -0.39 is 11.7 Å². The van der Waals surface area contributed by atoms with E-state index in [-0.39, 0.29) is 6.03 Å². The van der Waals surface area contributed by atoms with Crippen LogP contribution in [0.5, 0.6) is 0 Å². The zero-order valence-corrected chi connectivity index (χ0v) is 15.7. The van der Waals surface area contributed by atoms with E-state index in [2.05, 4.69) is 10.3 Å². The molecule has 1 saturated heterocycles. The summed E-state index contributed by atoms with van der Waals surface area (Å²) in [5, 5.41) is 2.94. The van der Waals surface area contributed by atoms with Crippen LogP contribution in [0.15, 0.2) is 42.6 Å². The third-order valence-corrected chi connectivity index (χ3v) is 4.87. The van der Waals surface area contributed by atoms with E-state index in [1.807, 2.05) is 36.1 Å². The van der Waals surface area contributed by atoms with Gasteiger partial charge in [-0.1, -0.05) is 24.3 Å². The summed E-state index contributed by atoms with van der Waals surface area (Å²) in [7, 11) is 0. The average molecular weight is 392 g/mol. The number of halogens is 3. The molecule has 3 rings (SSSR count). The fraction of sp³-hybridized carbons (Fsp3) is 0.400. The van der Waals surface area contributed by atoms with E-state index in [0.717, 1.165) is 29.8 Å². The van der Waals surface area contributed by atoms with Crippen LogP contribution in [0.3, 0.4) is 0 Å². The molecule has 150 valence electrons. The lowest BCUT2D eigenvalue weighted by molar-refractivity contribution is -0.137. The van der Waals surface area contributed by atoms with Crippen molar-refractivity contribution in [3.63, 3.8) is 0 Å². The zero-order chi connectivity index (χ0) is 20.1. The van der Waals surface area contributed by atoms with Gasteiger partial charge < -0.3 is 15.1 Å². The lowest BCUT2D eigenvalue weighted by Gasteiger charge is -2.23. The van der Waals surface area contributed by atoms with Gasteiger partial charge in [0.15, 0.2) is 0 Å². The Bertz CT molecular complexity index is 808. The maximum Gasteiger partial charge on any atom is 0.417 e. The quantitative estimate of drug-likeness (QED) is 0.864. The molecule has 0 atom stereocenters. The van der Waals surface area contributed by atoms with Gasteiger partial charge in [-0.25, -0.2) is 9.78 Å². The first-order valence-electron chi connectivity index (χ1n) is 9.20. The predicted octanol–water partition coefficient (Wildman–Crippen LogP) is 3.83. The molecule has 1 aliphatic heterocycles. The van der Waals surface area contributed by atoms with Crippen LogP contribution in [-0.4, -0.2) is 42.1 Å². The number of carbonyl (C=O) groups is 1. The van der Waals surface area contributed by atoms with Crippen LogP contribution in [0.4, 0.5) is 23.8 Å². The molecule has 2 aromatic rings. The van der Waals surface area contributed by atoms with Gasteiger partial charge in [0.2, 0.25) is 0 Å². The van der Waals surface area contributed by atoms with Gasteiger partial charge in [0, 0.05) is 38.9 Å². The number of alkyl halides is 3. The Hall–Kier alpha value is -2.77. The smallest absolute Gasteiger partial charge is 0.355 e. The van der Waals surface area contributed by atoms with Crippen molar-refractivity contribution < 1.29 is 18.0 Å². The summed E-state index contributed by atoms with van der Waals surface area (Å²) in [5.41, 5.74) is 1.43. The molecule has 0 unspecified atom stereocenters. The highest BCUT2D eigenvalue weighted by Crippen LogP contribution is 2.29. The Morgan fingerprint density at radius 1 is 1.11 bits per heavy atom. The zero-order valence-electron chi connectivity index (χ0n) is 15.7. The summed E-state index contributed by atoms with van der Waals surface area (Å²) >= 11 is 0. The summed E-state index contributed by atoms with van der Waals surface area (Å²) in [6.45, 7) is 4.71. The van der Waals surface area contributed by atoms with Crippen LogP contribution >= 0.6 is 0 Å². The number of pyridine rings is 1. The van der Waals surface area contributed by atoms with Gasteiger partial charge in [-0.3, -0.25) is 0 Å². The van der Waals surface area contributed by atoms with E-state index in [4.69, 9.17) is 0 Å². The van der Waals surface area contributed by atoms with Gasteiger partial charge in [0.1, 0.15) is 5.82 Å². The number of aromatic nitrogens is 1. The third kappa shape index (κ3) is 4.94. The number of hydrogen-bond acceptors (Lipinski definition) is 3. The molecular formula is C20H23F3N4O. The lowest BCUT2D eigenvalue weighted by Crippen LogP contribution is -2.41. The van der Waals surface area contributed by atoms with Crippen LogP contribution in [0.1, 0.15) is 23.1 Å². The van der Waals surface area contributed by atoms with Crippen LogP contribution < -0.4 is 10.2 Å². The van der Waals surface area contributed by atoms with Gasteiger partial charge in [-0.15, -0.1) is 0 Å². The molecule has 1 aliphatic rings. The van der Waals surface area contributed by atoms with E-state index >= 15 is 0 Å². The van der Waals surface area contributed by atoms with E-state index in [1.165, 1.54) is 6.07 Å². The van der Waals surface area contributed by atoms with Gasteiger partial charge in [0.25, 0.3) is 0 Å². The van der Waals surface area contributed by atoms with Crippen molar-refractivity contribution >= 4 is 11.8 Å². The molecule has 1 N–H and O–H groups in total. The molecule has 2 heterocycles. The number of rotatable bonds is 3. The molecular weight excluding hydrogens is 369 g/mol. The molecule has 1 fully saturated rings. The molecule has 0 aliphatic carbocycles. The summed E-state index contributed by atoms with van der Waals surface area (Å²) in [6, 6.07) is 10.2. The summed E-state index contributed by atoms with van der Waals surface area (Å²) in [5.74, 6) is 0.496. The number of nitrogens with zero attached hydrogens (tertiary/aromatic N) is 3. The van der Waals surface area contributed by atoms with E-state index in [0.29, 0.717) is 38.5 Å². The molecule has 28 heavy (non-hydrogen) atoms. The minimum Gasteiger partial charge on any atom is -0.355 e. The van der Waals surface area contributed by atoms with Crippen molar-refractivity contribution in [3.8, 4) is 0 Å². The number of hydrogen-bond donors (Lipinski definition) is 1. The Kier molecular flexibility index (Phi) is 6.06. The first kappa shape index (κ1) is 20.0. The number of carbonyl (C=O) groups excluding carboxylic acids is 1. The van der Waals surface area contributed by atoms with Crippen LogP contribution in [0.2, 0.25) is 0 Å². The summed E-state index contributed by atoms with van der Waals surface area (Å²) in [4.78, 5) is 20.1. The standard InChI is InChI=1S/C20H23F3N4O/c1-15-5-2-3-6-16(15)13-25-19(28)27-10-4-9-26(11-12-27)18-8-7-17(14-24-18)20(21,22)23/h2-3,5-8,14H,4,9-13H2,1H3,(H,25,28). The normalized spacial score (nSPS) is 15.3. The maximum absolute atomic E-state index is 12.7. The highest BCUT2D eigenvalue weighted by Gasteiger charge is 2.31. The second-order valence-electron chi connectivity index (χ2n) is 6.82. The molecule has 1 aromatic carbocycles. The number of nitrogens with one attached hydrogen (secondary N) is 1. The molecule has 0 saturated carbocycles. The monoisotopic (exact) mass is 392 g/mol. The Balaban J connectivity index is 1.55. The molecule has 2 amide bonds. The topological polar surface area (TPSA) is 48.5 Å². The molecule has 8 heteroatoms. The third-order valence-electron chi connectivity index (χ3n) is 4.87. The Labute approximate surface area is 162 Å². The van der Waals surface area contributed by atoms with Gasteiger partial charge in [-0.2, -0.15) is 13.2 Å². The minimum atomic E-state index is -4.39. The fourth-order valence-electron chi connectivity index (χ4n) is 3.18. The summed E-state index contributed by atoms with van der Waals surface area (Å²) in [6.07, 6.45) is -2.82. The van der Waals surface area contributed by atoms with Gasteiger partial charge in [-0.05, 0) is 36.6 Å². The van der Waals surface area contributed by atoms with Crippen molar-refractivity contribution in [1.29, 1.82) is 0 Å². The second kappa shape index (κ2) is 8.50. The summed E-state index contributed by atoms with van der Waals surface area (Å²) < 4.78 is 38.0. The molecule has 0 bridgehead atoms. The molecule has 5 nitrogen and oxygen atoms in total. The van der Waals surface area contributed by atoms with E-state index in [1.54, 1.807) is 4.90 Å². The number of amides is 2. The highest BCUT2D eigenvalue weighted by molar-refractivity contribution is 5.74. The number of benzene rings is 1. The predicted molar refractivity (Wildman–Crippen MR) is 101 cm³/mol. The number of aryl methyl sites for hydroxylation is 1.